The van der Waals surface area contributed by atoms with Crippen molar-refractivity contribution in [1.82, 2.24) is 15.1 Å². The summed E-state index contributed by atoms with van der Waals surface area (Å²) in [6.07, 6.45) is 2.12. The number of esters is 1. The van der Waals surface area contributed by atoms with Gasteiger partial charge in [0, 0.05) is 44.8 Å². The third-order valence-corrected chi connectivity index (χ3v) is 10.7. The highest BCUT2D eigenvalue weighted by molar-refractivity contribution is 7.86. The quantitative estimate of drug-likeness (QED) is 0.121. The first kappa shape index (κ1) is 41.9. The van der Waals surface area contributed by atoms with Crippen molar-refractivity contribution in [2.24, 2.45) is 5.92 Å². The molecule has 2 aromatic rings. The van der Waals surface area contributed by atoms with Gasteiger partial charge in [-0.05, 0) is 96.2 Å². The van der Waals surface area contributed by atoms with Gasteiger partial charge in [0.15, 0.2) is 5.78 Å². The summed E-state index contributed by atoms with van der Waals surface area (Å²) in [5.74, 6) is -2.28. The van der Waals surface area contributed by atoms with E-state index >= 15 is 0 Å². The number of aromatic hydroxyl groups is 1. The maximum Gasteiger partial charge on any atom is 0.329 e. The summed E-state index contributed by atoms with van der Waals surface area (Å²) in [5, 5.41) is 12.9. The number of hydrogen-bond acceptors (Lipinski definition) is 11. The number of carbonyl (C=O) groups is 4. The van der Waals surface area contributed by atoms with Gasteiger partial charge in [0.25, 0.3) is 10.1 Å². The summed E-state index contributed by atoms with van der Waals surface area (Å²) in [4.78, 5) is 58.4. The standard InChI is InChI=1S/C39H55N3O10S/c1-28-13-15-32(16-14-28)53(48,49)51-22-6-5-11-33(38(47)52-39(2,3)4)40-37(46)30(17-19-41-20-23-50-24-21-41)27-35(44)34(42-18-8-12-36(42)45)26-29-9-7-10-31(43)25-29/h7,9-10,13-16,25,30,33-34,43H,5-6,8,11-12,17-24,26-27H2,1-4H3,(H,40,46)/t30-,33+,34+/m1/s1. The zero-order valence-electron chi connectivity index (χ0n) is 31.4. The number of nitrogens with zero attached hydrogens (tertiary/aromatic N) is 2. The van der Waals surface area contributed by atoms with Crippen LogP contribution >= 0.6 is 0 Å². The van der Waals surface area contributed by atoms with Crippen LogP contribution < -0.4 is 5.32 Å². The molecular formula is C39H55N3O10S. The molecule has 0 aliphatic carbocycles. The summed E-state index contributed by atoms with van der Waals surface area (Å²) in [6.45, 7) is 10.4. The summed E-state index contributed by atoms with van der Waals surface area (Å²) in [7, 11) is -3.96. The Bertz CT molecular complexity index is 1650. The van der Waals surface area contributed by atoms with Crippen LogP contribution in [0.3, 0.4) is 0 Å². The van der Waals surface area contributed by atoms with Crippen LogP contribution in [0.25, 0.3) is 0 Å². The molecule has 2 aliphatic heterocycles. The highest BCUT2D eigenvalue weighted by Crippen LogP contribution is 2.24. The molecule has 2 N–H and O–H groups in total. The smallest absolute Gasteiger partial charge is 0.329 e. The number of amides is 2. The van der Waals surface area contributed by atoms with Crippen molar-refractivity contribution in [2.45, 2.75) is 102 Å². The van der Waals surface area contributed by atoms with Crippen LogP contribution in [0, 0.1) is 12.8 Å². The van der Waals surface area contributed by atoms with E-state index in [2.05, 4.69) is 10.2 Å². The number of phenolic OH excluding ortho intramolecular Hbond substituents is 1. The molecule has 0 unspecified atom stereocenters. The van der Waals surface area contributed by atoms with Gasteiger partial charge in [0.1, 0.15) is 17.4 Å². The Morgan fingerprint density at radius 1 is 1.00 bits per heavy atom. The molecule has 4 rings (SSSR count). The van der Waals surface area contributed by atoms with Crippen molar-refractivity contribution in [2.75, 3.05) is 46.0 Å². The average molecular weight is 758 g/mol. The van der Waals surface area contributed by atoms with Gasteiger partial charge in [-0.25, -0.2) is 4.79 Å². The molecule has 0 aromatic heterocycles. The van der Waals surface area contributed by atoms with Crippen LogP contribution in [0.1, 0.15) is 76.8 Å². The molecule has 0 radical (unpaired) electrons. The molecule has 2 amide bonds. The minimum absolute atomic E-state index is 0.0526. The molecule has 2 aromatic carbocycles. The number of hydrogen-bond donors (Lipinski definition) is 2. The van der Waals surface area contributed by atoms with Gasteiger partial charge in [-0.2, -0.15) is 8.42 Å². The third kappa shape index (κ3) is 13.5. The van der Waals surface area contributed by atoms with Gasteiger partial charge >= 0.3 is 5.97 Å². The first-order valence-corrected chi connectivity index (χ1v) is 19.9. The van der Waals surface area contributed by atoms with E-state index in [1.807, 2.05) is 6.92 Å². The zero-order chi connectivity index (χ0) is 38.6. The van der Waals surface area contributed by atoms with Crippen LogP contribution in [0.2, 0.25) is 0 Å². The van der Waals surface area contributed by atoms with E-state index in [4.69, 9.17) is 13.7 Å². The van der Waals surface area contributed by atoms with E-state index in [-0.39, 0.29) is 48.2 Å². The molecule has 53 heavy (non-hydrogen) atoms. The molecule has 292 valence electrons. The number of morpholine rings is 1. The largest absolute Gasteiger partial charge is 0.508 e. The fraction of sp³-hybridized carbons (Fsp3) is 0.590. The Kier molecular flexibility index (Phi) is 15.4. The predicted octanol–water partition coefficient (Wildman–Crippen LogP) is 3.93. The second-order valence-electron chi connectivity index (χ2n) is 14.9. The molecule has 3 atom stereocenters. The van der Waals surface area contributed by atoms with Crippen molar-refractivity contribution in [3.8, 4) is 5.75 Å². The molecule has 0 bridgehead atoms. The molecule has 2 saturated heterocycles. The maximum absolute atomic E-state index is 14.2. The molecule has 2 heterocycles. The van der Waals surface area contributed by atoms with E-state index in [1.54, 1.807) is 56.0 Å². The second kappa shape index (κ2) is 19.5. The van der Waals surface area contributed by atoms with E-state index < -0.39 is 45.6 Å². The third-order valence-electron chi connectivity index (χ3n) is 9.36. The van der Waals surface area contributed by atoms with Crippen molar-refractivity contribution in [3.63, 3.8) is 0 Å². The van der Waals surface area contributed by atoms with Gasteiger partial charge in [0.05, 0.1) is 30.8 Å². The highest BCUT2D eigenvalue weighted by atomic mass is 32.2. The number of carbonyl (C=O) groups excluding carboxylic acids is 4. The normalized spacial score (nSPS) is 17.3. The number of ether oxygens (including phenoxy) is 2. The van der Waals surface area contributed by atoms with Gasteiger partial charge in [-0.1, -0.05) is 29.8 Å². The molecular weight excluding hydrogens is 703 g/mol. The number of unbranched alkanes of at least 4 members (excludes halogenated alkanes) is 1. The lowest BCUT2D eigenvalue weighted by Crippen LogP contribution is -2.49. The summed E-state index contributed by atoms with van der Waals surface area (Å²) in [6, 6.07) is 11.0. The summed E-state index contributed by atoms with van der Waals surface area (Å²) >= 11 is 0. The van der Waals surface area contributed by atoms with Gasteiger partial charge < -0.3 is 24.8 Å². The zero-order valence-corrected chi connectivity index (χ0v) is 32.2. The molecule has 2 fully saturated rings. The molecule has 13 nitrogen and oxygen atoms in total. The van der Waals surface area contributed by atoms with Crippen LogP contribution in [0.15, 0.2) is 53.4 Å². The number of rotatable bonds is 19. The van der Waals surface area contributed by atoms with Crippen molar-refractivity contribution in [1.29, 1.82) is 0 Å². The summed E-state index contributed by atoms with van der Waals surface area (Å²) < 4.78 is 41.6. The molecule has 0 saturated carbocycles. The van der Waals surface area contributed by atoms with Crippen molar-refractivity contribution < 1.29 is 46.4 Å². The van der Waals surface area contributed by atoms with Crippen LogP contribution in [-0.4, -0.2) is 111 Å². The Morgan fingerprint density at radius 2 is 1.72 bits per heavy atom. The van der Waals surface area contributed by atoms with E-state index in [1.165, 1.54) is 18.2 Å². The highest BCUT2D eigenvalue weighted by Gasteiger charge is 2.36. The average Bonchev–Trinajstić information content (AvgIpc) is 3.53. The van der Waals surface area contributed by atoms with Crippen LogP contribution in [0.5, 0.6) is 5.75 Å². The van der Waals surface area contributed by atoms with Crippen LogP contribution in [0.4, 0.5) is 0 Å². The topological polar surface area (TPSA) is 169 Å². The lowest BCUT2D eigenvalue weighted by atomic mass is 9.90. The fourth-order valence-corrected chi connectivity index (χ4v) is 7.42. The lowest BCUT2D eigenvalue weighted by molar-refractivity contribution is -0.159. The van der Waals surface area contributed by atoms with Gasteiger partial charge in [0.2, 0.25) is 11.8 Å². The minimum atomic E-state index is -3.96. The van der Waals surface area contributed by atoms with Crippen molar-refractivity contribution >= 4 is 33.7 Å². The lowest BCUT2D eigenvalue weighted by Gasteiger charge is -2.31. The monoisotopic (exact) mass is 757 g/mol. The number of nitrogens with one attached hydrogen (secondary N) is 1. The Morgan fingerprint density at radius 3 is 2.36 bits per heavy atom. The predicted molar refractivity (Wildman–Crippen MR) is 197 cm³/mol. The fourth-order valence-electron chi connectivity index (χ4n) is 6.47. The second-order valence-corrected chi connectivity index (χ2v) is 16.5. The first-order valence-electron chi connectivity index (χ1n) is 18.5. The Balaban J connectivity index is 1.48. The molecule has 14 heteroatoms. The maximum atomic E-state index is 14.2. The summed E-state index contributed by atoms with van der Waals surface area (Å²) in [5.41, 5.74) is 0.776. The number of aryl methyl sites for hydroxylation is 1. The van der Waals surface area contributed by atoms with Gasteiger partial charge in [-0.15, -0.1) is 0 Å². The molecule has 2 aliphatic rings. The van der Waals surface area contributed by atoms with E-state index in [9.17, 15) is 32.7 Å². The van der Waals surface area contributed by atoms with Crippen LogP contribution in [-0.2, 0) is 49.4 Å². The number of phenols is 1. The SMILES string of the molecule is Cc1ccc(S(=O)(=O)OCCCC[C@H](NC(=O)[C@H](CCN2CCOCC2)CC(=O)[C@H](Cc2cccc(O)c2)N2CCCC2=O)C(=O)OC(C)(C)C)cc1. The Hall–Kier alpha value is -3.85. The minimum Gasteiger partial charge on any atom is -0.508 e. The first-order chi connectivity index (χ1) is 25.1. The Labute approximate surface area is 313 Å². The van der Waals surface area contributed by atoms with Crippen molar-refractivity contribution in [3.05, 3.63) is 59.7 Å². The number of benzene rings is 2. The van der Waals surface area contributed by atoms with E-state index in [0.717, 1.165) is 5.56 Å². The number of Topliss-reactive ketones (excluding diaryl/α,β-unsaturated/α-hetero) is 1. The number of likely N-dealkylation sites (tertiary alicyclic amines) is 1. The van der Waals surface area contributed by atoms with Gasteiger partial charge in [-0.3, -0.25) is 23.5 Å². The van der Waals surface area contributed by atoms with E-state index in [0.29, 0.717) is 77.1 Å². The number of ketones is 1. The molecule has 0 spiro atoms.